The number of hydrogen-bond acceptors (Lipinski definition) is 1. The zero-order chi connectivity index (χ0) is 13.1. The van der Waals surface area contributed by atoms with Crippen LogP contribution in [0.15, 0.2) is 24.3 Å². The third kappa shape index (κ3) is 2.34. The van der Waals surface area contributed by atoms with Crippen LogP contribution in [0.5, 0.6) is 0 Å². The Labute approximate surface area is 115 Å². The predicted molar refractivity (Wildman–Crippen MR) is 79.4 cm³/mol. The summed E-state index contributed by atoms with van der Waals surface area (Å²) in [5.41, 5.74) is 2.75. The Hall–Kier alpha value is -1.51. The van der Waals surface area contributed by atoms with E-state index in [0.717, 1.165) is 19.6 Å². The molecule has 3 rings (SSSR count). The summed E-state index contributed by atoms with van der Waals surface area (Å²) < 4.78 is 4.88. The number of rotatable bonds is 6. The second-order valence-corrected chi connectivity index (χ2v) is 5.46. The molecule has 0 aliphatic carbocycles. The van der Waals surface area contributed by atoms with Crippen molar-refractivity contribution >= 4 is 17.0 Å². The molecule has 3 nitrogen and oxygen atoms in total. The molecule has 2 aromatic rings. The molecule has 0 fully saturated rings. The van der Waals surface area contributed by atoms with Gasteiger partial charge in [0.05, 0.1) is 13.1 Å². The first-order valence-electron chi connectivity index (χ1n) is 7.66. The maximum atomic E-state index is 3.54. The molecule has 19 heavy (non-hydrogen) atoms. The Balaban J connectivity index is 1.79. The fourth-order valence-electron chi connectivity index (χ4n) is 3.09. The molecule has 0 unspecified atom stereocenters. The largest absolute Gasteiger partial charge is 0.358 e. The van der Waals surface area contributed by atoms with Crippen LogP contribution in [-0.4, -0.2) is 11.1 Å². The first kappa shape index (κ1) is 12.5. The summed E-state index contributed by atoms with van der Waals surface area (Å²) in [5, 5.41) is 3.54. The number of unbranched alkanes of at least 4 members (excludes halogenated alkanes) is 4. The number of para-hydroxylation sites is 2. The van der Waals surface area contributed by atoms with Gasteiger partial charge in [-0.3, -0.25) is 5.32 Å². The summed E-state index contributed by atoms with van der Waals surface area (Å²) in [6, 6.07) is 8.76. The minimum atomic E-state index is 1.07. The van der Waals surface area contributed by atoms with Gasteiger partial charge in [-0.2, -0.15) is 0 Å². The molecule has 0 radical (unpaired) electrons. The molecule has 1 aromatic heterocycles. The fraction of sp³-hybridized carbons (Fsp3) is 0.562. The van der Waals surface area contributed by atoms with Crippen LogP contribution >= 0.6 is 0 Å². The van der Waals surface area contributed by atoms with Crippen molar-refractivity contribution < 1.29 is 4.57 Å². The van der Waals surface area contributed by atoms with Crippen molar-refractivity contribution in [3.63, 3.8) is 0 Å². The number of fused-ring (bicyclic) bond motifs is 3. The van der Waals surface area contributed by atoms with Gasteiger partial charge in [-0.1, -0.05) is 44.7 Å². The summed E-state index contributed by atoms with van der Waals surface area (Å²) >= 11 is 0. The van der Waals surface area contributed by atoms with Gasteiger partial charge in [-0.15, -0.1) is 0 Å². The van der Waals surface area contributed by atoms with Crippen molar-refractivity contribution in [1.29, 1.82) is 0 Å². The van der Waals surface area contributed by atoms with Crippen LogP contribution in [-0.2, 0) is 13.1 Å². The number of hydrogen-bond donors (Lipinski definition) is 1. The Morgan fingerprint density at radius 2 is 2.00 bits per heavy atom. The number of benzene rings is 1. The number of nitrogens with one attached hydrogen (secondary N) is 1. The quantitative estimate of drug-likeness (QED) is 0.622. The molecule has 0 atom stereocenters. The Morgan fingerprint density at radius 3 is 2.89 bits per heavy atom. The SMILES string of the molecule is CCCCCCCn1c2[n+](c3ccccc31)CCN2. The normalized spacial score (nSPS) is 13.7. The van der Waals surface area contributed by atoms with Gasteiger partial charge < -0.3 is 0 Å². The lowest BCUT2D eigenvalue weighted by Gasteiger charge is -2.02. The van der Waals surface area contributed by atoms with Gasteiger partial charge in [0, 0.05) is 0 Å². The molecular formula is C16H24N3+. The van der Waals surface area contributed by atoms with Gasteiger partial charge in [0.15, 0.2) is 0 Å². The zero-order valence-corrected chi connectivity index (χ0v) is 11.9. The third-order valence-electron chi connectivity index (χ3n) is 4.08. The molecule has 0 saturated carbocycles. The van der Waals surface area contributed by atoms with Crippen molar-refractivity contribution in [1.82, 2.24) is 4.57 Å². The smallest absolute Gasteiger partial charge is 0.274 e. The molecule has 0 spiro atoms. The van der Waals surface area contributed by atoms with E-state index in [-0.39, 0.29) is 0 Å². The minimum Gasteiger partial charge on any atom is -0.274 e. The standard InChI is InChI=1S/C16H23N3/c1-2-3-4-5-8-12-18-14-9-6-7-10-15(14)19-13-11-17-16(18)19/h6-7,9-10H,2-5,8,11-13H2,1H3/p+1. The molecule has 1 N–H and O–H groups in total. The van der Waals surface area contributed by atoms with Crippen LogP contribution in [0.3, 0.4) is 0 Å². The number of anilines is 1. The van der Waals surface area contributed by atoms with Gasteiger partial charge in [-0.05, 0) is 18.6 Å². The van der Waals surface area contributed by atoms with E-state index in [1.807, 2.05) is 0 Å². The van der Waals surface area contributed by atoms with Crippen molar-refractivity contribution in [2.24, 2.45) is 0 Å². The van der Waals surface area contributed by atoms with Crippen LogP contribution in [0.1, 0.15) is 39.0 Å². The molecular weight excluding hydrogens is 234 g/mol. The summed E-state index contributed by atoms with van der Waals surface area (Å²) in [5.74, 6) is 1.30. The minimum absolute atomic E-state index is 1.07. The Bertz CT molecular complexity index is 556. The topological polar surface area (TPSA) is 20.8 Å². The Morgan fingerprint density at radius 1 is 1.16 bits per heavy atom. The number of aryl methyl sites for hydroxylation is 1. The number of nitrogens with zero attached hydrogens (tertiary/aromatic N) is 2. The second kappa shape index (κ2) is 5.64. The molecule has 3 heteroatoms. The summed E-state index contributed by atoms with van der Waals surface area (Å²) in [7, 11) is 0. The average molecular weight is 258 g/mol. The molecule has 1 aromatic carbocycles. The van der Waals surface area contributed by atoms with E-state index in [1.54, 1.807) is 0 Å². The molecule has 2 heterocycles. The van der Waals surface area contributed by atoms with Crippen molar-refractivity contribution in [2.75, 3.05) is 11.9 Å². The number of aromatic nitrogens is 2. The van der Waals surface area contributed by atoms with Crippen LogP contribution in [0.25, 0.3) is 11.0 Å². The highest BCUT2D eigenvalue weighted by Crippen LogP contribution is 2.21. The maximum absolute atomic E-state index is 3.54. The van der Waals surface area contributed by atoms with E-state index in [1.165, 1.54) is 49.1 Å². The lowest BCUT2D eigenvalue weighted by atomic mass is 10.1. The van der Waals surface area contributed by atoms with E-state index < -0.39 is 0 Å². The predicted octanol–water partition coefficient (Wildman–Crippen LogP) is 3.32. The summed E-state index contributed by atoms with van der Waals surface area (Å²) in [4.78, 5) is 0. The average Bonchev–Trinajstić information content (AvgIpc) is 3.01. The first-order chi connectivity index (χ1) is 9.42. The van der Waals surface area contributed by atoms with Gasteiger partial charge >= 0.3 is 5.95 Å². The van der Waals surface area contributed by atoms with Crippen LogP contribution < -0.4 is 9.88 Å². The van der Waals surface area contributed by atoms with Crippen LogP contribution in [0.4, 0.5) is 5.95 Å². The van der Waals surface area contributed by atoms with E-state index in [0.29, 0.717) is 0 Å². The third-order valence-corrected chi connectivity index (χ3v) is 4.08. The molecule has 102 valence electrons. The zero-order valence-electron chi connectivity index (χ0n) is 11.9. The van der Waals surface area contributed by atoms with E-state index in [4.69, 9.17) is 0 Å². The molecule has 1 aliphatic rings. The summed E-state index contributed by atoms with van der Waals surface area (Å²) in [6.45, 7) is 5.57. The van der Waals surface area contributed by atoms with E-state index in [2.05, 4.69) is 45.6 Å². The monoisotopic (exact) mass is 258 g/mol. The molecule has 0 amide bonds. The highest BCUT2D eigenvalue weighted by Gasteiger charge is 2.27. The Kier molecular flexibility index (Phi) is 3.72. The lowest BCUT2D eigenvalue weighted by molar-refractivity contribution is -0.644. The lowest BCUT2D eigenvalue weighted by Crippen LogP contribution is -2.29. The van der Waals surface area contributed by atoms with Crippen molar-refractivity contribution in [3.8, 4) is 0 Å². The first-order valence-corrected chi connectivity index (χ1v) is 7.66. The molecule has 0 saturated heterocycles. The van der Waals surface area contributed by atoms with Crippen molar-refractivity contribution in [2.45, 2.75) is 52.1 Å². The highest BCUT2D eigenvalue weighted by atomic mass is 15.3. The maximum Gasteiger partial charge on any atom is 0.358 e. The fourth-order valence-corrected chi connectivity index (χ4v) is 3.09. The number of imidazole rings is 1. The van der Waals surface area contributed by atoms with Crippen molar-refractivity contribution in [3.05, 3.63) is 24.3 Å². The van der Waals surface area contributed by atoms with E-state index >= 15 is 0 Å². The van der Waals surface area contributed by atoms with Gasteiger partial charge in [-0.25, -0.2) is 9.13 Å². The highest BCUT2D eigenvalue weighted by molar-refractivity contribution is 5.74. The van der Waals surface area contributed by atoms with Crippen LogP contribution in [0.2, 0.25) is 0 Å². The molecule has 0 bridgehead atoms. The van der Waals surface area contributed by atoms with E-state index in [9.17, 15) is 0 Å². The second-order valence-electron chi connectivity index (χ2n) is 5.46. The van der Waals surface area contributed by atoms with Gasteiger partial charge in [0.25, 0.3) is 0 Å². The van der Waals surface area contributed by atoms with Gasteiger partial charge in [0.2, 0.25) is 0 Å². The van der Waals surface area contributed by atoms with Gasteiger partial charge in [0.1, 0.15) is 17.6 Å². The summed E-state index contributed by atoms with van der Waals surface area (Å²) in [6.07, 6.45) is 6.70. The van der Waals surface area contributed by atoms with Crippen LogP contribution in [0, 0.1) is 0 Å². The molecule has 1 aliphatic heterocycles.